The molecule has 1 unspecified atom stereocenters. The summed E-state index contributed by atoms with van der Waals surface area (Å²) in [6, 6.07) is 3.30. The number of hydrogen-bond acceptors (Lipinski definition) is 5. The van der Waals surface area contributed by atoms with Crippen LogP contribution in [0.1, 0.15) is 16.9 Å². The molecule has 0 radical (unpaired) electrons. The summed E-state index contributed by atoms with van der Waals surface area (Å²) in [6.45, 7) is 0.688. The Bertz CT molecular complexity index is 394. The SMILES string of the molecule is CNC(=O)c1ccc(NCCCS(C)=O)nn1. The first-order valence-corrected chi connectivity index (χ1v) is 6.96. The quantitative estimate of drug-likeness (QED) is 0.701. The first kappa shape index (κ1) is 13.6. The Hall–Kier alpha value is -1.50. The molecule has 0 aliphatic carbocycles. The molecule has 0 saturated heterocycles. The fraction of sp³-hybridized carbons (Fsp3) is 0.500. The van der Waals surface area contributed by atoms with Gasteiger partial charge in [0.1, 0.15) is 5.82 Å². The maximum absolute atomic E-state index is 11.2. The maximum Gasteiger partial charge on any atom is 0.271 e. The Morgan fingerprint density at radius 1 is 1.41 bits per heavy atom. The Balaban J connectivity index is 2.40. The van der Waals surface area contributed by atoms with Gasteiger partial charge in [0.15, 0.2) is 5.69 Å². The standard InChI is InChI=1S/C10H16N4O2S/c1-11-10(15)8-4-5-9(14-13-8)12-6-3-7-17(2)16/h4-5H,3,6-7H2,1-2H3,(H,11,15)(H,12,14). The lowest BCUT2D eigenvalue weighted by atomic mass is 10.3. The Morgan fingerprint density at radius 2 is 2.18 bits per heavy atom. The molecule has 0 aromatic carbocycles. The van der Waals surface area contributed by atoms with Crippen molar-refractivity contribution >= 4 is 22.5 Å². The highest BCUT2D eigenvalue weighted by atomic mass is 32.2. The Labute approximate surface area is 103 Å². The molecule has 6 nitrogen and oxygen atoms in total. The van der Waals surface area contributed by atoms with Gasteiger partial charge in [-0.15, -0.1) is 10.2 Å². The van der Waals surface area contributed by atoms with Crippen molar-refractivity contribution in [3.63, 3.8) is 0 Å². The van der Waals surface area contributed by atoms with Crippen LogP contribution in [0.5, 0.6) is 0 Å². The summed E-state index contributed by atoms with van der Waals surface area (Å²) in [5, 5.41) is 13.2. The number of anilines is 1. The molecular weight excluding hydrogens is 240 g/mol. The summed E-state index contributed by atoms with van der Waals surface area (Å²) >= 11 is 0. The van der Waals surface area contributed by atoms with Gasteiger partial charge in [0, 0.05) is 36.4 Å². The molecule has 0 fully saturated rings. The van der Waals surface area contributed by atoms with E-state index in [4.69, 9.17) is 0 Å². The lowest BCUT2D eigenvalue weighted by molar-refractivity contribution is 0.0957. The topological polar surface area (TPSA) is 84.0 Å². The molecule has 0 aliphatic heterocycles. The van der Waals surface area contributed by atoms with Crippen LogP contribution >= 0.6 is 0 Å². The third kappa shape index (κ3) is 4.90. The fourth-order valence-electron chi connectivity index (χ4n) is 1.17. The van der Waals surface area contributed by atoms with Gasteiger partial charge in [-0.1, -0.05) is 0 Å². The van der Waals surface area contributed by atoms with Crippen molar-refractivity contribution < 1.29 is 9.00 Å². The van der Waals surface area contributed by atoms with E-state index >= 15 is 0 Å². The van der Waals surface area contributed by atoms with Gasteiger partial charge in [-0.2, -0.15) is 0 Å². The zero-order valence-corrected chi connectivity index (χ0v) is 10.7. The summed E-state index contributed by atoms with van der Waals surface area (Å²) < 4.78 is 10.8. The van der Waals surface area contributed by atoms with E-state index in [1.807, 2.05) is 0 Å². The van der Waals surface area contributed by atoms with Gasteiger partial charge >= 0.3 is 0 Å². The second-order valence-corrected chi connectivity index (χ2v) is 5.00. The normalized spacial score (nSPS) is 11.9. The minimum atomic E-state index is -0.764. The summed E-state index contributed by atoms with van der Waals surface area (Å²) in [6.07, 6.45) is 2.49. The van der Waals surface area contributed by atoms with Gasteiger partial charge in [-0.25, -0.2) is 0 Å². The average Bonchev–Trinajstić information content (AvgIpc) is 2.34. The number of nitrogens with one attached hydrogen (secondary N) is 2. The van der Waals surface area contributed by atoms with E-state index in [0.29, 0.717) is 18.1 Å². The predicted molar refractivity (Wildman–Crippen MR) is 67.5 cm³/mol. The monoisotopic (exact) mass is 256 g/mol. The second-order valence-electron chi connectivity index (χ2n) is 3.44. The van der Waals surface area contributed by atoms with Crippen molar-refractivity contribution in [2.24, 2.45) is 0 Å². The number of carbonyl (C=O) groups is 1. The molecule has 1 amide bonds. The third-order valence-corrected chi connectivity index (χ3v) is 2.90. The molecule has 1 rings (SSSR count). The minimum absolute atomic E-state index is 0.259. The zero-order chi connectivity index (χ0) is 12.7. The van der Waals surface area contributed by atoms with E-state index in [1.165, 1.54) is 0 Å². The molecule has 0 saturated carbocycles. The van der Waals surface area contributed by atoms with Crippen LogP contribution in [0.25, 0.3) is 0 Å². The number of rotatable bonds is 6. The Morgan fingerprint density at radius 3 is 2.71 bits per heavy atom. The second kappa shape index (κ2) is 6.95. The largest absolute Gasteiger partial charge is 0.369 e. The summed E-state index contributed by atoms with van der Waals surface area (Å²) in [5.74, 6) is 1.02. The first-order valence-electron chi connectivity index (χ1n) is 5.23. The van der Waals surface area contributed by atoms with Crippen molar-refractivity contribution in [2.75, 3.05) is 30.9 Å². The predicted octanol–water partition coefficient (Wildman–Crippen LogP) is 0.0167. The van der Waals surface area contributed by atoms with Gasteiger partial charge < -0.3 is 10.6 Å². The lowest BCUT2D eigenvalue weighted by Gasteiger charge is -2.04. The summed E-state index contributed by atoms with van der Waals surface area (Å²) in [5.41, 5.74) is 0.285. The third-order valence-electron chi connectivity index (χ3n) is 2.04. The molecule has 0 bridgehead atoms. The molecular formula is C10H16N4O2S. The van der Waals surface area contributed by atoms with E-state index in [0.717, 1.165) is 6.42 Å². The van der Waals surface area contributed by atoms with E-state index in [9.17, 15) is 9.00 Å². The molecule has 17 heavy (non-hydrogen) atoms. The van der Waals surface area contributed by atoms with E-state index < -0.39 is 10.8 Å². The first-order chi connectivity index (χ1) is 8.13. The smallest absolute Gasteiger partial charge is 0.271 e. The van der Waals surface area contributed by atoms with E-state index in [2.05, 4.69) is 20.8 Å². The highest BCUT2D eigenvalue weighted by Gasteiger charge is 2.04. The van der Waals surface area contributed by atoms with Crippen LogP contribution in [0.4, 0.5) is 5.82 Å². The molecule has 1 aromatic heterocycles. The highest BCUT2D eigenvalue weighted by molar-refractivity contribution is 7.84. The van der Waals surface area contributed by atoms with Crippen LogP contribution in [0.2, 0.25) is 0 Å². The van der Waals surface area contributed by atoms with E-state index in [1.54, 1.807) is 25.4 Å². The van der Waals surface area contributed by atoms with Gasteiger partial charge in [0.25, 0.3) is 5.91 Å². The van der Waals surface area contributed by atoms with Crippen LogP contribution < -0.4 is 10.6 Å². The number of nitrogens with zero attached hydrogens (tertiary/aromatic N) is 2. The van der Waals surface area contributed by atoms with E-state index in [-0.39, 0.29) is 11.6 Å². The molecule has 1 atom stereocenters. The molecule has 0 spiro atoms. The number of amides is 1. The van der Waals surface area contributed by atoms with Crippen LogP contribution in [-0.4, -0.2) is 45.9 Å². The molecule has 1 aromatic rings. The van der Waals surface area contributed by atoms with Gasteiger partial charge in [0.2, 0.25) is 0 Å². The van der Waals surface area contributed by atoms with Gasteiger partial charge in [0.05, 0.1) is 0 Å². The summed E-state index contributed by atoms with van der Waals surface area (Å²) in [7, 11) is 0.779. The van der Waals surface area contributed by atoms with Gasteiger partial charge in [-0.3, -0.25) is 9.00 Å². The number of carbonyl (C=O) groups excluding carboxylic acids is 1. The molecule has 7 heteroatoms. The molecule has 2 N–H and O–H groups in total. The van der Waals surface area contributed by atoms with Gasteiger partial charge in [-0.05, 0) is 18.6 Å². The van der Waals surface area contributed by atoms with Crippen LogP contribution in [0.15, 0.2) is 12.1 Å². The lowest BCUT2D eigenvalue weighted by Crippen LogP contribution is -2.19. The van der Waals surface area contributed by atoms with Crippen molar-refractivity contribution in [2.45, 2.75) is 6.42 Å². The minimum Gasteiger partial charge on any atom is -0.369 e. The van der Waals surface area contributed by atoms with Crippen LogP contribution in [-0.2, 0) is 10.8 Å². The van der Waals surface area contributed by atoms with Crippen LogP contribution in [0, 0.1) is 0 Å². The highest BCUT2D eigenvalue weighted by Crippen LogP contribution is 2.01. The fourth-order valence-corrected chi connectivity index (χ4v) is 1.72. The molecule has 0 aliphatic rings. The van der Waals surface area contributed by atoms with Crippen molar-refractivity contribution in [1.82, 2.24) is 15.5 Å². The molecule has 94 valence electrons. The Kier molecular flexibility index (Phi) is 5.55. The molecule has 1 heterocycles. The zero-order valence-electron chi connectivity index (χ0n) is 9.90. The van der Waals surface area contributed by atoms with Crippen molar-refractivity contribution in [3.05, 3.63) is 17.8 Å². The number of aromatic nitrogens is 2. The van der Waals surface area contributed by atoms with Crippen molar-refractivity contribution in [3.8, 4) is 0 Å². The summed E-state index contributed by atoms with van der Waals surface area (Å²) in [4.78, 5) is 11.2. The van der Waals surface area contributed by atoms with Crippen LogP contribution in [0.3, 0.4) is 0 Å². The number of hydrogen-bond donors (Lipinski definition) is 2. The average molecular weight is 256 g/mol. The van der Waals surface area contributed by atoms with Crippen molar-refractivity contribution in [1.29, 1.82) is 0 Å². The maximum atomic E-state index is 11.2.